The summed E-state index contributed by atoms with van der Waals surface area (Å²) < 4.78 is 0. The average Bonchev–Trinajstić information content (AvgIpc) is 2.24. The fraction of sp³-hybridized carbons (Fsp3) is 0.0909. The fourth-order valence-corrected chi connectivity index (χ4v) is 1.51. The zero-order chi connectivity index (χ0) is 10.7. The van der Waals surface area contributed by atoms with E-state index < -0.39 is 0 Å². The standard InChI is InChI=1S/C11H10N3S/c12-10-9(7-13-11(15)14-10)6-8-4-2-1-3-5-8/h1-5,7H,6H2,(H2,12,13,14). The van der Waals surface area contributed by atoms with Gasteiger partial charge in [0.1, 0.15) is 5.82 Å². The van der Waals surface area contributed by atoms with Crippen LogP contribution >= 0.6 is 12.6 Å². The van der Waals surface area contributed by atoms with Crippen LogP contribution < -0.4 is 5.73 Å². The molecule has 1 heterocycles. The molecule has 2 aromatic rings. The van der Waals surface area contributed by atoms with Crippen LogP contribution in [0.5, 0.6) is 0 Å². The highest BCUT2D eigenvalue weighted by molar-refractivity contribution is 7.80. The summed E-state index contributed by atoms with van der Waals surface area (Å²) in [5.41, 5.74) is 7.85. The molecule has 0 aliphatic carbocycles. The van der Waals surface area contributed by atoms with Gasteiger partial charge in [0.2, 0.25) is 5.16 Å². The molecular formula is C11H10N3S. The van der Waals surface area contributed by atoms with E-state index in [0.717, 1.165) is 12.0 Å². The van der Waals surface area contributed by atoms with Gasteiger partial charge in [-0.25, -0.2) is 9.97 Å². The molecule has 0 atom stereocenters. The lowest BCUT2D eigenvalue weighted by Crippen LogP contribution is -2.00. The Labute approximate surface area is 93.8 Å². The van der Waals surface area contributed by atoms with Crippen LogP contribution in [-0.2, 0) is 6.42 Å². The summed E-state index contributed by atoms with van der Waals surface area (Å²) in [6.45, 7) is 0. The molecule has 3 nitrogen and oxygen atoms in total. The van der Waals surface area contributed by atoms with Gasteiger partial charge in [0, 0.05) is 18.2 Å². The van der Waals surface area contributed by atoms with Crippen LogP contribution in [0, 0.1) is 0 Å². The van der Waals surface area contributed by atoms with Crippen LogP contribution in [-0.4, -0.2) is 9.97 Å². The Bertz CT molecular complexity index is 457. The van der Waals surface area contributed by atoms with Crippen molar-refractivity contribution in [2.24, 2.45) is 0 Å². The maximum Gasteiger partial charge on any atom is 0.221 e. The first kappa shape index (κ1) is 9.86. The number of rotatable bonds is 2. The van der Waals surface area contributed by atoms with Crippen LogP contribution in [0.15, 0.2) is 41.7 Å². The van der Waals surface area contributed by atoms with Gasteiger partial charge >= 0.3 is 0 Å². The second-order valence-electron chi connectivity index (χ2n) is 3.23. The summed E-state index contributed by atoms with van der Waals surface area (Å²) in [4.78, 5) is 7.91. The van der Waals surface area contributed by atoms with Crippen molar-refractivity contribution in [1.82, 2.24) is 9.97 Å². The molecule has 0 amide bonds. The highest BCUT2D eigenvalue weighted by atomic mass is 32.1. The van der Waals surface area contributed by atoms with Gasteiger partial charge in [0.05, 0.1) is 0 Å². The monoisotopic (exact) mass is 216 g/mol. The Balaban J connectivity index is 2.25. The lowest BCUT2D eigenvalue weighted by molar-refractivity contribution is 0.950. The highest BCUT2D eigenvalue weighted by Gasteiger charge is 2.03. The summed E-state index contributed by atoms with van der Waals surface area (Å²) in [7, 11) is 0. The van der Waals surface area contributed by atoms with Crippen molar-refractivity contribution < 1.29 is 0 Å². The molecule has 0 unspecified atom stereocenters. The molecule has 1 radical (unpaired) electrons. The first-order valence-electron chi connectivity index (χ1n) is 4.58. The minimum Gasteiger partial charge on any atom is -0.383 e. The molecule has 0 saturated heterocycles. The van der Waals surface area contributed by atoms with Crippen LogP contribution in [0.25, 0.3) is 0 Å². The van der Waals surface area contributed by atoms with Gasteiger partial charge in [-0.1, -0.05) is 30.3 Å². The number of nitrogens with two attached hydrogens (primary N) is 1. The number of hydrogen-bond donors (Lipinski definition) is 1. The predicted molar refractivity (Wildman–Crippen MR) is 61.5 cm³/mol. The van der Waals surface area contributed by atoms with Crippen molar-refractivity contribution in [3.63, 3.8) is 0 Å². The van der Waals surface area contributed by atoms with Gasteiger partial charge in [0.15, 0.2) is 0 Å². The van der Waals surface area contributed by atoms with Gasteiger partial charge in [-0.15, -0.1) is 0 Å². The predicted octanol–water partition coefficient (Wildman–Crippen LogP) is 2.21. The zero-order valence-electron chi connectivity index (χ0n) is 8.05. The molecule has 0 aliphatic rings. The number of hydrogen-bond acceptors (Lipinski definition) is 3. The van der Waals surface area contributed by atoms with E-state index in [-0.39, 0.29) is 0 Å². The maximum atomic E-state index is 5.75. The molecule has 2 N–H and O–H groups in total. The van der Waals surface area contributed by atoms with Crippen LogP contribution in [0.4, 0.5) is 5.82 Å². The number of benzene rings is 1. The third kappa shape index (κ3) is 2.41. The average molecular weight is 216 g/mol. The molecule has 15 heavy (non-hydrogen) atoms. The van der Waals surface area contributed by atoms with E-state index in [1.165, 1.54) is 5.56 Å². The van der Waals surface area contributed by atoms with Gasteiger partial charge < -0.3 is 5.73 Å². The summed E-state index contributed by atoms with van der Waals surface area (Å²) in [6.07, 6.45) is 2.43. The second-order valence-corrected chi connectivity index (χ2v) is 3.59. The third-order valence-corrected chi connectivity index (χ3v) is 2.31. The lowest BCUT2D eigenvalue weighted by atomic mass is 10.1. The number of aromatic nitrogens is 2. The van der Waals surface area contributed by atoms with E-state index in [2.05, 4.69) is 9.97 Å². The topological polar surface area (TPSA) is 51.8 Å². The van der Waals surface area contributed by atoms with Crippen molar-refractivity contribution in [3.05, 3.63) is 47.7 Å². The van der Waals surface area contributed by atoms with E-state index in [0.29, 0.717) is 11.0 Å². The third-order valence-electron chi connectivity index (χ3n) is 2.11. The second kappa shape index (κ2) is 4.23. The minimum atomic E-state index is 0.296. The summed E-state index contributed by atoms with van der Waals surface area (Å²) in [5.74, 6) is 0.471. The number of nitrogens with zero attached hydrogens (tertiary/aromatic N) is 2. The zero-order valence-corrected chi connectivity index (χ0v) is 8.87. The molecular weight excluding hydrogens is 206 g/mol. The van der Waals surface area contributed by atoms with Crippen LogP contribution in [0.1, 0.15) is 11.1 Å². The minimum absolute atomic E-state index is 0.296. The van der Waals surface area contributed by atoms with Crippen LogP contribution in [0.2, 0.25) is 0 Å². The van der Waals surface area contributed by atoms with E-state index in [4.69, 9.17) is 18.4 Å². The van der Waals surface area contributed by atoms with Gasteiger partial charge in [-0.3, -0.25) is 0 Å². The fourth-order valence-electron chi connectivity index (χ4n) is 1.35. The van der Waals surface area contributed by atoms with Crippen molar-refractivity contribution in [3.8, 4) is 0 Å². The smallest absolute Gasteiger partial charge is 0.221 e. The molecule has 1 aromatic carbocycles. The molecule has 1 aromatic heterocycles. The summed E-state index contributed by atoms with van der Waals surface area (Å²) in [5, 5.41) is 0.296. The molecule has 2 rings (SSSR count). The van der Waals surface area contributed by atoms with E-state index in [9.17, 15) is 0 Å². The maximum absolute atomic E-state index is 5.75. The van der Waals surface area contributed by atoms with Crippen molar-refractivity contribution in [1.29, 1.82) is 0 Å². The molecule has 0 saturated carbocycles. The SMILES string of the molecule is Nc1nc([S])ncc1Cc1ccccc1. The normalized spacial score (nSPS) is 10.1. The molecule has 4 heteroatoms. The molecule has 75 valence electrons. The Morgan fingerprint density at radius 3 is 2.60 bits per heavy atom. The summed E-state index contributed by atoms with van der Waals surface area (Å²) >= 11 is 4.82. The molecule has 0 bridgehead atoms. The quantitative estimate of drug-likeness (QED) is 0.783. The first-order valence-corrected chi connectivity index (χ1v) is 4.99. The van der Waals surface area contributed by atoms with Crippen molar-refractivity contribution in [2.45, 2.75) is 11.6 Å². The Hall–Kier alpha value is -1.68. The van der Waals surface area contributed by atoms with Crippen molar-refractivity contribution >= 4 is 18.4 Å². The van der Waals surface area contributed by atoms with Gasteiger partial charge in [-0.2, -0.15) is 0 Å². The largest absolute Gasteiger partial charge is 0.383 e. The molecule has 0 spiro atoms. The highest BCUT2D eigenvalue weighted by Crippen LogP contribution is 2.14. The van der Waals surface area contributed by atoms with E-state index in [1.54, 1.807) is 6.20 Å². The van der Waals surface area contributed by atoms with Crippen LogP contribution in [0.3, 0.4) is 0 Å². The Morgan fingerprint density at radius 1 is 1.20 bits per heavy atom. The van der Waals surface area contributed by atoms with E-state index >= 15 is 0 Å². The number of anilines is 1. The lowest BCUT2D eigenvalue weighted by Gasteiger charge is -2.04. The van der Waals surface area contributed by atoms with Gasteiger partial charge in [-0.05, 0) is 18.2 Å². The van der Waals surface area contributed by atoms with Crippen molar-refractivity contribution in [2.75, 3.05) is 5.73 Å². The molecule has 0 fully saturated rings. The number of nitrogen functional groups attached to an aromatic ring is 1. The van der Waals surface area contributed by atoms with E-state index in [1.807, 2.05) is 30.3 Å². The summed E-state index contributed by atoms with van der Waals surface area (Å²) in [6, 6.07) is 10.1. The Morgan fingerprint density at radius 2 is 1.93 bits per heavy atom. The Kier molecular flexibility index (Phi) is 2.78. The molecule has 0 aliphatic heterocycles. The van der Waals surface area contributed by atoms with Gasteiger partial charge in [0.25, 0.3) is 0 Å². The first-order chi connectivity index (χ1) is 7.25.